The maximum absolute atomic E-state index is 9.47. The van der Waals surface area contributed by atoms with E-state index in [2.05, 4.69) is 4.74 Å². The fraction of sp³-hybridized carbons (Fsp3) is 0.500. The molecule has 0 aliphatic carbocycles. The van der Waals surface area contributed by atoms with Gasteiger partial charge in [-0.1, -0.05) is 0 Å². The predicted molar refractivity (Wildman–Crippen MR) is 24.5 cm³/mol. The van der Waals surface area contributed by atoms with Gasteiger partial charge in [0.2, 0.25) is 0 Å². The van der Waals surface area contributed by atoms with Crippen molar-refractivity contribution in [1.29, 1.82) is 0 Å². The zero-order valence-electron chi connectivity index (χ0n) is 4.79. The minimum atomic E-state index is -0.933. The fourth-order valence-electron chi connectivity index (χ4n) is 0.123. The van der Waals surface area contributed by atoms with E-state index in [1.165, 1.54) is 7.11 Å². The van der Waals surface area contributed by atoms with E-state index in [1.807, 2.05) is 0 Å². The van der Waals surface area contributed by atoms with Gasteiger partial charge in [0.05, 0.1) is 0 Å². The Morgan fingerprint density at radius 1 is 1.67 bits per heavy atom. The van der Waals surface area contributed by atoms with Crippen molar-refractivity contribution in [3.05, 3.63) is 0 Å². The highest BCUT2D eigenvalue weighted by Crippen LogP contribution is 1.61. The summed E-state index contributed by atoms with van der Waals surface area (Å²) in [6, 6.07) is 0. The van der Waals surface area contributed by atoms with E-state index < -0.39 is 5.97 Å². The number of methoxy groups -OCH3 is 1. The Morgan fingerprint density at radius 2 is 2.00 bits per heavy atom. The van der Waals surface area contributed by atoms with Gasteiger partial charge in [-0.15, -0.1) is 0 Å². The first-order valence-electron chi connectivity index (χ1n) is 1.89. The van der Waals surface area contributed by atoms with Gasteiger partial charge >= 0.3 is 12.1 Å². The van der Waals surface area contributed by atoms with Crippen LogP contribution in [0.4, 0.5) is 0 Å². The summed E-state index contributed by atoms with van der Waals surface area (Å²) in [5.41, 5.74) is 0. The molecule has 0 bridgehead atoms. The summed E-state index contributed by atoms with van der Waals surface area (Å²) < 4.78 is 4.20. The number of carbonyl (C=O) groups is 1. The van der Waals surface area contributed by atoms with Gasteiger partial charge in [0.25, 0.3) is 0 Å². The Morgan fingerprint density at radius 3 is 2.00 bits per heavy atom. The average Bonchev–Trinajstić information content (AvgIpc) is 1.67. The minimum absolute atomic E-state index is 0.208. The highest BCUT2D eigenvalue weighted by atomic mass is 16.5. The van der Waals surface area contributed by atoms with Crippen molar-refractivity contribution in [2.45, 2.75) is 0 Å². The van der Waals surface area contributed by atoms with E-state index in [1.54, 1.807) is 0 Å². The van der Waals surface area contributed by atoms with E-state index in [9.17, 15) is 4.79 Å². The number of ether oxygens (including phenoxy) is 1. The lowest BCUT2D eigenvalue weighted by molar-refractivity contribution is -0.191. The molecule has 0 radical (unpaired) electrons. The molecular formula is C4H6O5. The van der Waals surface area contributed by atoms with Gasteiger partial charge in [-0.3, -0.25) is 0 Å². The van der Waals surface area contributed by atoms with Crippen LogP contribution in [-0.2, 0) is 19.1 Å². The molecular weight excluding hydrogens is 128 g/mol. The van der Waals surface area contributed by atoms with Crippen LogP contribution >= 0.6 is 0 Å². The van der Waals surface area contributed by atoms with Gasteiger partial charge in [0.1, 0.15) is 6.61 Å². The molecule has 0 unspecified atom stereocenters. The van der Waals surface area contributed by atoms with Crippen molar-refractivity contribution in [2.75, 3.05) is 13.7 Å². The Balaban J connectivity index is 0. The monoisotopic (exact) mass is 134 g/mol. The number of hydrogen-bond donors (Lipinski definition) is 1. The Kier molecular flexibility index (Phi) is 11.8. The zero-order valence-corrected chi connectivity index (χ0v) is 4.79. The van der Waals surface area contributed by atoms with E-state index in [0.29, 0.717) is 0 Å². The first kappa shape index (κ1) is 10.7. The molecule has 0 aliphatic heterocycles. The third-order valence-corrected chi connectivity index (χ3v) is 0.268. The number of carboxylic acid groups (broad SMARTS) is 1. The highest BCUT2D eigenvalue weighted by molar-refractivity contribution is 5.67. The van der Waals surface area contributed by atoms with Crippen LogP contribution in [-0.4, -0.2) is 30.9 Å². The first-order chi connectivity index (χ1) is 4.18. The maximum Gasteiger partial charge on any atom is 0.373 e. The zero-order chi connectivity index (χ0) is 7.70. The summed E-state index contributed by atoms with van der Waals surface area (Å²) >= 11 is 0. The van der Waals surface area contributed by atoms with Crippen LogP contribution in [0.1, 0.15) is 0 Å². The summed E-state index contributed by atoms with van der Waals surface area (Å²) in [4.78, 5) is 25.7. The second kappa shape index (κ2) is 9.94. The Bertz CT molecular complexity index is 102. The normalized spacial score (nSPS) is 6.33. The van der Waals surface area contributed by atoms with Crippen LogP contribution < -0.4 is 0 Å². The molecule has 0 saturated carbocycles. The molecule has 0 aromatic rings. The SMILES string of the molecule is COCC(=O)O.O=C=O. The maximum atomic E-state index is 9.47. The molecule has 1 N–H and O–H groups in total. The van der Waals surface area contributed by atoms with Crippen molar-refractivity contribution < 1.29 is 24.2 Å². The molecule has 0 aromatic carbocycles. The average molecular weight is 134 g/mol. The van der Waals surface area contributed by atoms with Crippen LogP contribution in [0.25, 0.3) is 0 Å². The van der Waals surface area contributed by atoms with E-state index in [0.717, 1.165) is 0 Å². The molecule has 0 aliphatic rings. The Labute approximate surface area is 51.2 Å². The molecule has 0 rings (SSSR count). The second-order valence-electron chi connectivity index (χ2n) is 0.910. The minimum Gasteiger partial charge on any atom is -0.480 e. The van der Waals surface area contributed by atoms with Gasteiger partial charge in [0, 0.05) is 7.11 Å². The molecule has 0 amide bonds. The lowest BCUT2D eigenvalue weighted by Crippen LogP contribution is -2.02. The molecule has 5 nitrogen and oxygen atoms in total. The van der Waals surface area contributed by atoms with Crippen molar-refractivity contribution >= 4 is 12.1 Å². The summed E-state index contributed by atoms with van der Waals surface area (Å²) in [5.74, 6) is -0.933. The molecule has 0 spiro atoms. The van der Waals surface area contributed by atoms with Crippen molar-refractivity contribution in [3.8, 4) is 0 Å². The molecule has 52 valence electrons. The summed E-state index contributed by atoms with van der Waals surface area (Å²) in [5, 5.41) is 7.79. The van der Waals surface area contributed by atoms with Crippen LogP contribution in [0.5, 0.6) is 0 Å². The van der Waals surface area contributed by atoms with Gasteiger partial charge in [0.15, 0.2) is 0 Å². The van der Waals surface area contributed by atoms with E-state index >= 15 is 0 Å². The highest BCUT2D eigenvalue weighted by Gasteiger charge is 1.87. The second-order valence-corrected chi connectivity index (χ2v) is 0.910. The predicted octanol–water partition coefficient (Wildman–Crippen LogP) is -0.866. The van der Waals surface area contributed by atoms with Crippen LogP contribution in [0.3, 0.4) is 0 Å². The van der Waals surface area contributed by atoms with Crippen molar-refractivity contribution in [1.82, 2.24) is 0 Å². The lowest BCUT2D eigenvalue weighted by Gasteiger charge is -1.83. The molecule has 0 fully saturated rings. The van der Waals surface area contributed by atoms with Crippen LogP contribution in [0.2, 0.25) is 0 Å². The summed E-state index contributed by atoms with van der Waals surface area (Å²) in [7, 11) is 1.34. The lowest BCUT2D eigenvalue weighted by atomic mass is 10.8. The fourth-order valence-corrected chi connectivity index (χ4v) is 0.123. The van der Waals surface area contributed by atoms with Crippen LogP contribution in [0.15, 0.2) is 0 Å². The van der Waals surface area contributed by atoms with Crippen molar-refractivity contribution in [3.63, 3.8) is 0 Å². The topological polar surface area (TPSA) is 80.7 Å². The molecule has 0 atom stereocenters. The summed E-state index contributed by atoms with van der Waals surface area (Å²) in [6.45, 7) is -0.208. The quantitative estimate of drug-likeness (QED) is 0.531. The van der Waals surface area contributed by atoms with E-state index in [4.69, 9.17) is 14.7 Å². The number of aliphatic carboxylic acids is 1. The van der Waals surface area contributed by atoms with E-state index in [-0.39, 0.29) is 12.8 Å². The van der Waals surface area contributed by atoms with Gasteiger partial charge in [-0.05, 0) is 0 Å². The standard InChI is InChI=1S/C3H6O3.CO2/c1-6-2-3(4)5;2-1-3/h2H2,1H3,(H,4,5);. The number of carboxylic acids is 1. The van der Waals surface area contributed by atoms with Gasteiger partial charge in [-0.2, -0.15) is 9.59 Å². The Hall–Kier alpha value is -1.19. The third-order valence-electron chi connectivity index (χ3n) is 0.268. The van der Waals surface area contributed by atoms with Gasteiger partial charge < -0.3 is 9.84 Å². The smallest absolute Gasteiger partial charge is 0.373 e. The first-order valence-corrected chi connectivity index (χ1v) is 1.89. The van der Waals surface area contributed by atoms with Crippen LogP contribution in [0, 0.1) is 0 Å². The number of rotatable bonds is 2. The largest absolute Gasteiger partial charge is 0.480 e. The molecule has 0 heterocycles. The molecule has 9 heavy (non-hydrogen) atoms. The molecule has 0 aromatic heterocycles. The third kappa shape index (κ3) is 48.1. The number of hydrogen-bond acceptors (Lipinski definition) is 4. The summed E-state index contributed by atoms with van der Waals surface area (Å²) in [6.07, 6.45) is 0.250. The molecule has 0 saturated heterocycles. The van der Waals surface area contributed by atoms with Gasteiger partial charge in [-0.25, -0.2) is 4.79 Å². The number of carbonyl (C=O) groups excluding carboxylic acids is 2. The van der Waals surface area contributed by atoms with Crippen molar-refractivity contribution in [2.24, 2.45) is 0 Å². The molecule has 5 heteroatoms.